The van der Waals surface area contributed by atoms with Gasteiger partial charge in [0.05, 0.1) is 24.5 Å². The highest BCUT2D eigenvalue weighted by Gasteiger charge is 2.20. The Hall–Kier alpha value is -2.93. The second kappa shape index (κ2) is 7.59. The second-order valence-corrected chi connectivity index (χ2v) is 7.26. The molecular formula is C21H24N4O3. The van der Waals surface area contributed by atoms with Gasteiger partial charge in [-0.2, -0.15) is 10.2 Å². The summed E-state index contributed by atoms with van der Waals surface area (Å²) in [7, 11) is 1.84. The molecule has 0 radical (unpaired) electrons. The molecule has 0 saturated heterocycles. The zero-order valence-electron chi connectivity index (χ0n) is 16.4. The van der Waals surface area contributed by atoms with Crippen molar-refractivity contribution in [1.29, 1.82) is 0 Å². The monoisotopic (exact) mass is 380 g/mol. The number of hydrogen-bond acceptors (Lipinski definition) is 5. The number of carbonyl (C=O) groups excluding carboxylic acids is 1. The Balaban J connectivity index is 1.66. The minimum absolute atomic E-state index is 0.259. The lowest BCUT2D eigenvalue weighted by Crippen LogP contribution is -2.18. The molecule has 0 saturated carbocycles. The van der Waals surface area contributed by atoms with E-state index in [9.17, 15) is 4.79 Å². The molecule has 146 valence electrons. The molecule has 3 heterocycles. The van der Waals surface area contributed by atoms with E-state index < -0.39 is 0 Å². The van der Waals surface area contributed by atoms with Gasteiger partial charge in [0.2, 0.25) is 0 Å². The average Bonchev–Trinajstić information content (AvgIpc) is 3.32. The molecule has 1 aliphatic rings. The van der Waals surface area contributed by atoms with Crippen LogP contribution in [0.3, 0.4) is 0 Å². The van der Waals surface area contributed by atoms with E-state index in [4.69, 9.17) is 9.47 Å². The van der Waals surface area contributed by atoms with Crippen LogP contribution in [-0.2, 0) is 11.8 Å². The Morgan fingerprint density at radius 1 is 1.32 bits per heavy atom. The number of ether oxygens (including phenoxy) is 2. The van der Waals surface area contributed by atoms with Gasteiger partial charge >= 0.3 is 0 Å². The van der Waals surface area contributed by atoms with Gasteiger partial charge < -0.3 is 9.47 Å². The zero-order valence-corrected chi connectivity index (χ0v) is 16.4. The van der Waals surface area contributed by atoms with Gasteiger partial charge in [0.25, 0.3) is 0 Å². The van der Waals surface area contributed by atoms with Crippen molar-refractivity contribution in [3.8, 4) is 5.75 Å². The highest BCUT2D eigenvalue weighted by molar-refractivity contribution is 5.98. The van der Waals surface area contributed by atoms with E-state index in [1.54, 1.807) is 4.68 Å². The van der Waals surface area contributed by atoms with Crippen LogP contribution >= 0.6 is 0 Å². The molecule has 0 fully saturated rings. The number of benzene rings is 1. The van der Waals surface area contributed by atoms with Crippen molar-refractivity contribution in [1.82, 2.24) is 19.6 Å². The van der Waals surface area contributed by atoms with Gasteiger partial charge in [-0.1, -0.05) is 0 Å². The molecule has 2 aromatic heterocycles. The van der Waals surface area contributed by atoms with E-state index in [-0.39, 0.29) is 6.04 Å². The molecule has 7 heteroatoms. The van der Waals surface area contributed by atoms with E-state index in [2.05, 4.69) is 24.0 Å². The van der Waals surface area contributed by atoms with Crippen LogP contribution in [0.5, 0.6) is 5.75 Å². The first kappa shape index (κ1) is 18.4. The third-order valence-electron chi connectivity index (χ3n) is 5.00. The standard InChI is InChI=1S/C21H24N4O3/c1-14(2)25-19(6-8-22-25)18-13-27-9-7-16(18)12-28-20-5-4-15-10-24(3)23-21(15)17(20)11-26/h4-6,8,10-11,14H,7,9,12-13H2,1-3H3. The summed E-state index contributed by atoms with van der Waals surface area (Å²) in [5.41, 5.74) is 4.49. The molecule has 1 aliphatic heterocycles. The van der Waals surface area contributed by atoms with Gasteiger partial charge in [0.1, 0.15) is 17.9 Å². The molecule has 0 atom stereocenters. The summed E-state index contributed by atoms with van der Waals surface area (Å²) in [5, 5.41) is 9.74. The first-order valence-electron chi connectivity index (χ1n) is 9.45. The lowest BCUT2D eigenvalue weighted by molar-refractivity contribution is 0.112. The topological polar surface area (TPSA) is 71.2 Å². The summed E-state index contributed by atoms with van der Waals surface area (Å²) < 4.78 is 15.5. The maximum atomic E-state index is 11.7. The van der Waals surface area contributed by atoms with Crippen LogP contribution in [0.15, 0.2) is 36.2 Å². The average molecular weight is 380 g/mol. The van der Waals surface area contributed by atoms with Gasteiger partial charge in [-0.05, 0) is 44.0 Å². The zero-order chi connectivity index (χ0) is 19.7. The van der Waals surface area contributed by atoms with Crippen molar-refractivity contribution in [2.24, 2.45) is 7.05 Å². The van der Waals surface area contributed by atoms with Crippen LogP contribution in [0, 0.1) is 0 Å². The number of nitrogens with zero attached hydrogens (tertiary/aromatic N) is 4. The van der Waals surface area contributed by atoms with Gasteiger partial charge in [-0.3, -0.25) is 14.2 Å². The molecule has 4 rings (SSSR count). The number of fused-ring (bicyclic) bond motifs is 1. The molecule has 28 heavy (non-hydrogen) atoms. The Morgan fingerprint density at radius 2 is 2.18 bits per heavy atom. The Labute approximate surface area is 163 Å². The Bertz CT molecular complexity index is 1050. The minimum Gasteiger partial charge on any atom is -0.488 e. The van der Waals surface area contributed by atoms with Gasteiger partial charge in [0.15, 0.2) is 6.29 Å². The normalized spacial score (nSPS) is 14.9. The van der Waals surface area contributed by atoms with Crippen molar-refractivity contribution >= 4 is 22.8 Å². The third-order valence-corrected chi connectivity index (χ3v) is 5.00. The molecule has 3 aromatic rings. The highest BCUT2D eigenvalue weighted by Crippen LogP contribution is 2.30. The van der Waals surface area contributed by atoms with E-state index >= 15 is 0 Å². The van der Waals surface area contributed by atoms with Crippen molar-refractivity contribution in [3.05, 3.63) is 47.4 Å². The van der Waals surface area contributed by atoms with Crippen LogP contribution in [-0.4, -0.2) is 45.7 Å². The Kier molecular flexibility index (Phi) is 5.00. The van der Waals surface area contributed by atoms with Gasteiger partial charge in [-0.25, -0.2) is 0 Å². The fraction of sp³-hybridized carbons (Fsp3) is 0.381. The molecule has 0 spiro atoms. The Morgan fingerprint density at radius 3 is 2.96 bits per heavy atom. The number of aromatic nitrogens is 4. The number of aryl methyl sites for hydroxylation is 1. The molecule has 7 nitrogen and oxygen atoms in total. The molecule has 0 amide bonds. The number of carbonyl (C=O) groups is 1. The third kappa shape index (κ3) is 3.33. The maximum Gasteiger partial charge on any atom is 0.156 e. The fourth-order valence-corrected chi connectivity index (χ4v) is 3.62. The molecule has 0 N–H and O–H groups in total. The summed E-state index contributed by atoms with van der Waals surface area (Å²) in [6.07, 6.45) is 5.31. The van der Waals surface area contributed by atoms with Gasteiger partial charge in [-0.15, -0.1) is 0 Å². The lowest BCUT2D eigenvalue weighted by Gasteiger charge is -2.23. The minimum atomic E-state index is 0.259. The highest BCUT2D eigenvalue weighted by atomic mass is 16.5. The SMILES string of the molecule is CC(C)n1nccc1C1=C(COc2ccc3cn(C)nc3c2C=O)CCOC1. The molecule has 0 unspecified atom stereocenters. The second-order valence-electron chi connectivity index (χ2n) is 7.26. The molecule has 0 bridgehead atoms. The fourth-order valence-electron chi connectivity index (χ4n) is 3.62. The molecule has 1 aromatic carbocycles. The van der Waals surface area contributed by atoms with Crippen LogP contribution < -0.4 is 4.74 Å². The smallest absolute Gasteiger partial charge is 0.156 e. The van der Waals surface area contributed by atoms with Gasteiger partial charge in [0, 0.05) is 36.4 Å². The molecule has 0 aliphatic carbocycles. The summed E-state index contributed by atoms with van der Waals surface area (Å²) in [6, 6.07) is 6.04. The van der Waals surface area contributed by atoms with E-state index in [1.165, 1.54) is 5.57 Å². The van der Waals surface area contributed by atoms with Crippen LogP contribution in [0.1, 0.15) is 42.4 Å². The van der Waals surface area contributed by atoms with Crippen molar-refractivity contribution in [2.45, 2.75) is 26.3 Å². The van der Waals surface area contributed by atoms with Crippen LogP contribution in [0.25, 0.3) is 16.5 Å². The van der Waals surface area contributed by atoms with Crippen molar-refractivity contribution in [2.75, 3.05) is 19.8 Å². The predicted octanol–water partition coefficient (Wildman–Crippen LogP) is 3.42. The lowest BCUT2D eigenvalue weighted by atomic mass is 10.0. The summed E-state index contributed by atoms with van der Waals surface area (Å²) in [4.78, 5) is 11.7. The van der Waals surface area contributed by atoms with Crippen molar-refractivity contribution in [3.63, 3.8) is 0 Å². The van der Waals surface area contributed by atoms with Crippen LogP contribution in [0.4, 0.5) is 0 Å². The number of rotatable bonds is 6. The summed E-state index contributed by atoms with van der Waals surface area (Å²) in [6.45, 7) is 5.82. The van der Waals surface area contributed by atoms with Crippen LogP contribution in [0.2, 0.25) is 0 Å². The predicted molar refractivity (Wildman–Crippen MR) is 107 cm³/mol. The number of hydrogen-bond donors (Lipinski definition) is 0. The maximum absolute atomic E-state index is 11.7. The first-order valence-corrected chi connectivity index (χ1v) is 9.45. The summed E-state index contributed by atoms with van der Waals surface area (Å²) in [5.74, 6) is 0.553. The quantitative estimate of drug-likeness (QED) is 0.613. The van der Waals surface area contributed by atoms with E-state index in [0.29, 0.717) is 36.7 Å². The van der Waals surface area contributed by atoms with Crippen molar-refractivity contribution < 1.29 is 14.3 Å². The first-order chi connectivity index (χ1) is 13.6. The number of aldehydes is 1. The largest absolute Gasteiger partial charge is 0.488 e. The molecular weight excluding hydrogens is 356 g/mol. The van der Waals surface area contributed by atoms with E-state index in [1.807, 2.05) is 42.3 Å². The summed E-state index contributed by atoms with van der Waals surface area (Å²) >= 11 is 0. The van der Waals surface area contributed by atoms with E-state index in [0.717, 1.165) is 29.4 Å².